The van der Waals surface area contributed by atoms with Crippen molar-refractivity contribution in [3.63, 3.8) is 0 Å². The minimum Gasteiger partial charge on any atom is -0.497 e. The summed E-state index contributed by atoms with van der Waals surface area (Å²) in [4.78, 5) is 6.85. The molecule has 26 heavy (non-hydrogen) atoms. The number of ether oxygens (including phenoxy) is 1. The first-order valence-corrected chi connectivity index (χ1v) is 11.2. The van der Waals surface area contributed by atoms with E-state index in [2.05, 4.69) is 4.90 Å². The Morgan fingerprint density at radius 1 is 1.12 bits per heavy atom. The van der Waals surface area contributed by atoms with E-state index in [9.17, 15) is 8.42 Å². The number of methoxy groups -OCH3 is 1. The number of thioether (sulfide) groups is 1. The maximum absolute atomic E-state index is 12.1. The summed E-state index contributed by atoms with van der Waals surface area (Å²) in [5, 5.41) is 0.900. The highest BCUT2D eigenvalue weighted by atomic mass is 32.2. The number of amidine groups is 1. The number of fused-ring (bicyclic) bond motifs is 1. The Balaban J connectivity index is 1.56. The summed E-state index contributed by atoms with van der Waals surface area (Å²) in [5.41, 5.74) is 2.18. The van der Waals surface area contributed by atoms with Crippen molar-refractivity contribution in [2.24, 2.45) is 4.99 Å². The van der Waals surface area contributed by atoms with Gasteiger partial charge in [0.15, 0.2) is 15.0 Å². The van der Waals surface area contributed by atoms with Crippen molar-refractivity contribution in [1.29, 1.82) is 0 Å². The van der Waals surface area contributed by atoms with Crippen LogP contribution in [0.2, 0.25) is 0 Å². The van der Waals surface area contributed by atoms with Crippen molar-refractivity contribution in [1.82, 2.24) is 0 Å². The van der Waals surface area contributed by atoms with Crippen LogP contribution in [0.3, 0.4) is 0 Å². The Bertz CT molecular complexity index is 912. The molecule has 0 radical (unpaired) electrons. The average molecular weight is 389 g/mol. The number of benzene rings is 2. The third kappa shape index (κ3) is 3.46. The minimum absolute atomic E-state index is 0.0965. The predicted octanol–water partition coefficient (Wildman–Crippen LogP) is 2.97. The van der Waals surface area contributed by atoms with Crippen LogP contribution in [-0.4, -0.2) is 44.3 Å². The van der Waals surface area contributed by atoms with Gasteiger partial charge in [-0.2, -0.15) is 0 Å². The van der Waals surface area contributed by atoms with E-state index in [1.54, 1.807) is 18.9 Å². The summed E-state index contributed by atoms with van der Waals surface area (Å²) in [6.07, 6.45) is 0. The molecule has 2 heterocycles. The van der Waals surface area contributed by atoms with Crippen LogP contribution in [0.4, 0.5) is 5.69 Å². The van der Waals surface area contributed by atoms with E-state index >= 15 is 0 Å². The normalized spacial score (nSPS) is 23.6. The fraction of sp³-hybridized carbons (Fsp3) is 0.316. The lowest BCUT2D eigenvalue weighted by Crippen LogP contribution is -2.39. The van der Waals surface area contributed by atoms with E-state index < -0.39 is 9.84 Å². The van der Waals surface area contributed by atoms with Gasteiger partial charge in [0.05, 0.1) is 30.7 Å². The van der Waals surface area contributed by atoms with E-state index in [0.717, 1.165) is 22.4 Å². The van der Waals surface area contributed by atoms with E-state index in [-0.39, 0.29) is 23.6 Å². The monoisotopic (exact) mass is 388 g/mol. The Hall–Kier alpha value is -1.99. The van der Waals surface area contributed by atoms with E-state index in [4.69, 9.17) is 9.73 Å². The molecule has 5 nitrogen and oxygen atoms in total. The summed E-state index contributed by atoms with van der Waals surface area (Å²) in [5.74, 6) is 1.93. The maximum Gasteiger partial charge on any atom is 0.164 e. The van der Waals surface area contributed by atoms with Gasteiger partial charge in [0.2, 0.25) is 0 Å². The highest BCUT2D eigenvalue weighted by molar-refractivity contribution is 8.13. The lowest BCUT2D eigenvalue weighted by Gasteiger charge is -2.26. The van der Waals surface area contributed by atoms with Gasteiger partial charge in [-0.25, -0.2) is 8.42 Å². The van der Waals surface area contributed by atoms with Crippen molar-refractivity contribution >= 4 is 32.5 Å². The van der Waals surface area contributed by atoms with Gasteiger partial charge in [-0.05, 0) is 29.8 Å². The van der Waals surface area contributed by atoms with Crippen LogP contribution in [0.5, 0.6) is 5.75 Å². The van der Waals surface area contributed by atoms with Crippen molar-refractivity contribution in [2.45, 2.75) is 17.8 Å². The zero-order chi connectivity index (χ0) is 18.1. The van der Waals surface area contributed by atoms with E-state index in [1.807, 2.05) is 54.6 Å². The molecule has 0 unspecified atom stereocenters. The lowest BCUT2D eigenvalue weighted by atomic mass is 10.1. The van der Waals surface area contributed by atoms with Crippen LogP contribution in [-0.2, 0) is 15.6 Å². The van der Waals surface area contributed by atoms with Crippen LogP contribution in [0.25, 0.3) is 0 Å². The van der Waals surface area contributed by atoms with Crippen LogP contribution >= 0.6 is 11.8 Å². The summed E-state index contributed by atoms with van der Waals surface area (Å²) in [6, 6.07) is 17.6. The summed E-state index contributed by atoms with van der Waals surface area (Å²) >= 11 is 1.65. The molecular weight excluding hydrogens is 368 g/mol. The molecule has 0 aromatic heterocycles. The van der Waals surface area contributed by atoms with Crippen molar-refractivity contribution in [3.05, 3.63) is 60.2 Å². The molecule has 2 aliphatic heterocycles. The number of rotatable bonds is 4. The Labute approximate surface area is 158 Å². The number of hydrogen-bond donors (Lipinski definition) is 0. The molecule has 2 aromatic rings. The van der Waals surface area contributed by atoms with Gasteiger partial charge in [0.25, 0.3) is 0 Å². The van der Waals surface area contributed by atoms with Crippen LogP contribution in [0, 0.1) is 0 Å². The third-order valence-electron chi connectivity index (χ3n) is 4.67. The molecule has 1 saturated heterocycles. The van der Waals surface area contributed by atoms with Gasteiger partial charge in [0, 0.05) is 11.4 Å². The number of aliphatic imine (C=N–C) groups is 1. The molecule has 136 valence electrons. The van der Waals surface area contributed by atoms with Gasteiger partial charge >= 0.3 is 0 Å². The molecule has 2 atom stereocenters. The molecule has 0 bridgehead atoms. The third-order valence-corrected chi connectivity index (χ3v) is 7.41. The van der Waals surface area contributed by atoms with E-state index in [1.165, 1.54) is 5.56 Å². The molecule has 0 amide bonds. The molecule has 4 rings (SSSR count). The molecular formula is C19H20N2O3S2. The average Bonchev–Trinajstić information content (AvgIpc) is 3.12. The summed E-state index contributed by atoms with van der Waals surface area (Å²) in [6.45, 7) is 0. The highest BCUT2D eigenvalue weighted by Crippen LogP contribution is 2.35. The Morgan fingerprint density at radius 2 is 1.85 bits per heavy atom. The van der Waals surface area contributed by atoms with E-state index in [0.29, 0.717) is 0 Å². The van der Waals surface area contributed by atoms with Crippen LogP contribution in [0.15, 0.2) is 59.6 Å². The molecule has 0 saturated carbocycles. The molecule has 2 aliphatic rings. The molecule has 2 aromatic carbocycles. The zero-order valence-corrected chi connectivity index (χ0v) is 16.0. The number of sulfone groups is 1. The molecule has 7 heteroatoms. The first kappa shape index (κ1) is 17.4. The van der Waals surface area contributed by atoms with Gasteiger partial charge < -0.3 is 9.64 Å². The van der Waals surface area contributed by atoms with Crippen molar-refractivity contribution < 1.29 is 13.2 Å². The fourth-order valence-corrected chi connectivity index (χ4v) is 6.32. The fourth-order valence-electron chi connectivity index (χ4n) is 3.39. The van der Waals surface area contributed by atoms with Gasteiger partial charge in [-0.1, -0.05) is 42.1 Å². The molecule has 0 aliphatic carbocycles. The Morgan fingerprint density at radius 3 is 2.54 bits per heavy atom. The lowest BCUT2D eigenvalue weighted by molar-refractivity contribution is 0.414. The first-order chi connectivity index (χ1) is 12.6. The quantitative estimate of drug-likeness (QED) is 0.806. The molecule has 0 spiro atoms. The number of nitrogens with zero attached hydrogens (tertiary/aromatic N) is 2. The minimum atomic E-state index is -3.02. The van der Waals surface area contributed by atoms with Crippen molar-refractivity contribution in [3.8, 4) is 5.75 Å². The standard InChI is InChI=1S/C19H20N2O3S2/c1-24-16-9-7-14(8-10-16)11-25-19-20-17-12-26(22,23)13-18(17)21(19)15-5-3-2-4-6-15/h2-10,17-18H,11-13H2,1H3/t17-,18+/m1/s1. The smallest absolute Gasteiger partial charge is 0.164 e. The SMILES string of the molecule is COc1ccc(CSC2=N[C@@H]3CS(=O)(=O)C[C@@H]3N2c2ccccc2)cc1. The molecule has 1 fully saturated rings. The number of hydrogen-bond acceptors (Lipinski definition) is 6. The number of anilines is 1. The van der Waals surface area contributed by atoms with Crippen LogP contribution < -0.4 is 9.64 Å². The maximum atomic E-state index is 12.1. The summed E-state index contributed by atoms with van der Waals surface area (Å²) < 4.78 is 29.3. The first-order valence-electron chi connectivity index (χ1n) is 8.44. The zero-order valence-electron chi connectivity index (χ0n) is 14.4. The highest BCUT2D eigenvalue weighted by Gasteiger charge is 2.47. The summed E-state index contributed by atoms with van der Waals surface area (Å²) in [7, 11) is -1.36. The van der Waals surface area contributed by atoms with Gasteiger partial charge in [0.1, 0.15) is 5.75 Å². The molecule has 0 N–H and O–H groups in total. The topological polar surface area (TPSA) is 59.0 Å². The van der Waals surface area contributed by atoms with Gasteiger partial charge in [-0.15, -0.1) is 0 Å². The second-order valence-corrected chi connectivity index (χ2v) is 9.56. The van der Waals surface area contributed by atoms with Gasteiger partial charge in [-0.3, -0.25) is 4.99 Å². The van der Waals surface area contributed by atoms with Crippen LogP contribution in [0.1, 0.15) is 5.56 Å². The predicted molar refractivity (Wildman–Crippen MR) is 107 cm³/mol. The largest absolute Gasteiger partial charge is 0.497 e. The second kappa shape index (κ2) is 6.96. The Kier molecular flexibility index (Phi) is 4.67. The second-order valence-electron chi connectivity index (χ2n) is 6.47. The van der Waals surface area contributed by atoms with Crippen molar-refractivity contribution in [2.75, 3.05) is 23.5 Å². The number of para-hydroxylation sites is 1.